The average molecular weight is 448 g/mol. The molecule has 0 radical (unpaired) electrons. The molecule has 0 aliphatic rings. The first kappa shape index (κ1) is 24.3. The second-order valence-electron chi connectivity index (χ2n) is 8.20. The van der Waals surface area contributed by atoms with Gasteiger partial charge >= 0.3 is 0 Å². The van der Waals surface area contributed by atoms with E-state index in [9.17, 15) is 4.79 Å². The molecule has 3 rings (SSSR count). The molecule has 0 fully saturated rings. The van der Waals surface area contributed by atoms with E-state index in [4.69, 9.17) is 9.47 Å². The van der Waals surface area contributed by atoms with E-state index in [2.05, 4.69) is 48.2 Å². The van der Waals surface area contributed by atoms with Crippen molar-refractivity contribution in [3.8, 4) is 11.5 Å². The maximum Gasteiger partial charge on any atom is 0.251 e. The van der Waals surface area contributed by atoms with Crippen molar-refractivity contribution >= 4 is 5.91 Å². The van der Waals surface area contributed by atoms with Crippen molar-refractivity contribution in [2.75, 3.05) is 13.7 Å². The summed E-state index contributed by atoms with van der Waals surface area (Å²) >= 11 is 0. The Kier molecular flexibility index (Phi) is 8.84. The van der Waals surface area contributed by atoms with Gasteiger partial charge in [0, 0.05) is 37.1 Å². The molecule has 0 saturated heterocycles. The number of rotatable bonds is 11. The fourth-order valence-corrected chi connectivity index (χ4v) is 3.29. The van der Waals surface area contributed by atoms with Gasteiger partial charge in [-0.25, -0.2) is 0 Å². The number of aromatic nitrogens is 1. The van der Waals surface area contributed by atoms with E-state index in [0.717, 1.165) is 17.7 Å². The third kappa shape index (κ3) is 7.05. The second-order valence-corrected chi connectivity index (χ2v) is 8.20. The Labute approximate surface area is 196 Å². The summed E-state index contributed by atoms with van der Waals surface area (Å²) in [6.07, 6.45) is 3.46. The first-order valence-electron chi connectivity index (χ1n) is 11.3. The highest BCUT2D eigenvalue weighted by Crippen LogP contribution is 2.29. The summed E-state index contributed by atoms with van der Waals surface area (Å²) in [4.78, 5) is 19.2. The Morgan fingerprint density at radius 2 is 1.73 bits per heavy atom. The van der Waals surface area contributed by atoms with Gasteiger partial charge in [0.05, 0.1) is 6.61 Å². The molecule has 6 heteroatoms. The summed E-state index contributed by atoms with van der Waals surface area (Å²) in [6.45, 7) is 8.43. The predicted octanol–water partition coefficient (Wildman–Crippen LogP) is 4.83. The zero-order valence-electron chi connectivity index (χ0n) is 19.9. The maximum absolute atomic E-state index is 12.9. The lowest BCUT2D eigenvalue weighted by Crippen LogP contribution is -2.27. The lowest BCUT2D eigenvalue weighted by molar-refractivity contribution is 0.0950. The van der Waals surface area contributed by atoms with Gasteiger partial charge in [-0.2, -0.15) is 0 Å². The van der Waals surface area contributed by atoms with Crippen molar-refractivity contribution in [3.05, 3.63) is 89.2 Å². The van der Waals surface area contributed by atoms with Gasteiger partial charge in [0.1, 0.15) is 6.61 Å². The predicted molar refractivity (Wildman–Crippen MR) is 130 cm³/mol. The zero-order chi connectivity index (χ0) is 23.6. The third-order valence-corrected chi connectivity index (χ3v) is 5.51. The van der Waals surface area contributed by atoms with Crippen LogP contribution in [0.15, 0.2) is 67.0 Å². The van der Waals surface area contributed by atoms with E-state index in [1.807, 2.05) is 31.2 Å². The highest BCUT2D eigenvalue weighted by Gasteiger charge is 2.13. The molecule has 3 aromatic rings. The van der Waals surface area contributed by atoms with Gasteiger partial charge in [0.15, 0.2) is 11.5 Å². The number of carbonyl (C=O) groups is 1. The second kappa shape index (κ2) is 12.0. The molecule has 174 valence electrons. The molecule has 6 nitrogen and oxygen atoms in total. The highest BCUT2D eigenvalue weighted by atomic mass is 16.5. The van der Waals surface area contributed by atoms with Crippen LogP contribution in [0.25, 0.3) is 0 Å². The van der Waals surface area contributed by atoms with E-state index in [0.29, 0.717) is 42.9 Å². The number of nitrogens with one attached hydrogen (secondary N) is 1. The van der Waals surface area contributed by atoms with E-state index in [1.54, 1.807) is 30.6 Å². The fraction of sp³-hybridized carbons (Fsp3) is 0.333. The molecular formula is C27H33N3O3. The minimum absolute atomic E-state index is 0.149. The minimum Gasteiger partial charge on any atom is -0.490 e. The number of ether oxygens (including phenoxy) is 2. The molecule has 0 unspecified atom stereocenters. The molecule has 0 spiro atoms. The van der Waals surface area contributed by atoms with Crippen molar-refractivity contribution in [3.63, 3.8) is 0 Å². The van der Waals surface area contributed by atoms with Gasteiger partial charge in [-0.1, -0.05) is 24.3 Å². The molecule has 0 atom stereocenters. The van der Waals surface area contributed by atoms with Crippen molar-refractivity contribution < 1.29 is 14.3 Å². The van der Waals surface area contributed by atoms with Crippen LogP contribution < -0.4 is 14.8 Å². The molecule has 0 bridgehead atoms. The number of carbonyl (C=O) groups excluding carboxylic acids is 1. The quantitative estimate of drug-likeness (QED) is 0.456. The molecule has 0 aliphatic heterocycles. The van der Waals surface area contributed by atoms with Crippen LogP contribution in [0.2, 0.25) is 0 Å². The van der Waals surface area contributed by atoms with Crippen LogP contribution in [-0.2, 0) is 19.7 Å². The van der Waals surface area contributed by atoms with Gasteiger partial charge < -0.3 is 14.8 Å². The number of pyridine rings is 1. The van der Waals surface area contributed by atoms with E-state index < -0.39 is 0 Å². The summed E-state index contributed by atoms with van der Waals surface area (Å²) in [5, 5.41) is 3.04. The summed E-state index contributed by atoms with van der Waals surface area (Å²) in [7, 11) is 2.10. The van der Waals surface area contributed by atoms with E-state index in [-0.39, 0.29) is 5.91 Å². The summed E-state index contributed by atoms with van der Waals surface area (Å²) in [5.74, 6) is 1.01. The van der Waals surface area contributed by atoms with Gasteiger partial charge in [0.2, 0.25) is 0 Å². The maximum atomic E-state index is 12.9. The Hall–Kier alpha value is -3.38. The number of hydrogen-bond donors (Lipinski definition) is 1. The van der Waals surface area contributed by atoms with Crippen LogP contribution in [0.1, 0.15) is 47.8 Å². The molecule has 33 heavy (non-hydrogen) atoms. The van der Waals surface area contributed by atoms with Gasteiger partial charge in [-0.3, -0.25) is 14.7 Å². The summed E-state index contributed by atoms with van der Waals surface area (Å²) < 4.78 is 11.7. The third-order valence-electron chi connectivity index (χ3n) is 5.51. The lowest BCUT2D eigenvalue weighted by Gasteiger charge is -2.22. The molecule has 0 saturated carbocycles. The largest absolute Gasteiger partial charge is 0.490 e. The Morgan fingerprint density at radius 1 is 1.00 bits per heavy atom. The van der Waals surface area contributed by atoms with Crippen molar-refractivity contribution in [2.45, 2.75) is 46.5 Å². The Bertz CT molecular complexity index is 1040. The molecule has 1 aromatic heterocycles. The van der Waals surface area contributed by atoms with Crippen molar-refractivity contribution in [1.29, 1.82) is 0 Å². The van der Waals surface area contributed by atoms with Crippen LogP contribution >= 0.6 is 0 Å². The van der Waals surface area contributed by atoms with Crippen LogP contribution in [0.3, 0.4) is 0 Å². The number of amides is 1. The van der Waals surface area contributed by atoms with Crippen LogP contribution in [-0.4, -0.2) is 35.5 Å². The normalized spacial score (nSPS) is 11.0. The molecular weight excluding hydrogens is 414 g/mol. The number of hydrogen-bond acceptors (Lipinski definition) is 5. The smallest absolute Gasteiger partial charge is 0.251 e. The average Bonchev–Trinajstić information content (AvgIpc) is 2.83. The van der Waals surface area contributed by atoms with Gasteiger partial charge in [-0.15, -0.1) is 0 Å². The van der Waals surface area contributed by atoms with Crippen molar-refractivity contribution in [1.82, 2.24) is 15.2 Å². The SMILES string of the molecule is CCOc1cc(C(=O)NCc2ccccc2CN(C)C(C)C)ccc1OCc1ccncc1. The number of benzene rings is 2. The molecule has 0 aliphatic carbocycles. The monoisotopic (exact) mass is 447 g/mol. The number of nitrogens with zero attached hydrogens (tertiary/aromatic N) is 2. The van der Waals surface area contributed by atoms with Crippen LogP contribution in [0.5, 0.6) is 11.5 Å². The van der Waals surface area contributed by atoms with Gasteiger partial charge in [-0.05, 0) is 74.8 Å². The Morgan fingerprint density at radius 3 is 2.42 bits per heavy atom. The molecule has 1 heterocycles. The Balaban J connectivity index is 1.67. The standard InChI is InChI=1S/C27H33N3O3/c1-5-32-26-16-22(10-11-25(26)33-19-21-12-14-28-15-13-21)27(31)29-17-23-8-6-7-9-24(23)18-30(4)20(2)3/h6-16,20H,5,17-19H2,1-4H3,(H,29,31). The minimum atomic E-state index is -0.149. The summed E-state index contributed by atoms with van der Waals surface area (Å²) in [6, 6.07) is 17.7. The molecule has 1 amide bonds. The summed E-state index contributed by atoms with van der Waals surface area (Å²) in [5.41, 5.74) is 3.87. The zero-order valence-corrected chi connectivity index (χ0v) is 19.9. The topological polar surface area (TPSA) is 63.7 Å². The lowest BCUT2D eigenvalue weighted by atomic mass is 10.1. The van der Waals surface area contributed by atoms with Crippen LogP contribution in [0.4, 0.5) is 0 Å². The first-order valence-corrected chi connectivity index (χ1v) is 11.3. The fourth-order valence-electron chi connectivity index (χ4n) is 3.29. The molecule has 1 N–H and O–H groups in total. The molecule has 2 aromatic carbocycles. The van der Waals surface area contributed by atoms with E-state index in [1.165, 1.54) is 5.56 Å². The van der Waals surface area contributed by atoms with Gasteiger partial charge in [0.25, 0.3) is 5.91 Å². The first-order chi connectivity index (χ1) is 16.0. The van der Waals surface area contributed by atoms with E-state index >= 15 is 0 Å². The van der Waals surface area contributed by atoms with Crippen LogP contribution in [0, 0.1) is 0 Å². The highest BCUT2D eigenvalue weighted by molar-refractivity contribution is 5.94. The van der Waals surface area contributed by atoms with Crippen molar-refractivity contribution in [2.24, 2.45) is 0 Å².